The van der Waals surface area contributed by atoms with Gasteiger partial charge < -0.3 is 19.5 Å². The molecule has 2 saturated heterocycles. The van der Waals surface area contributed by atoms with E-state index in [1.807, 2.05) is 6.92 Å². The minimum absolute atomic E-state index is 0.0772. The summed E-state index contributed by atoms with van der Waals surface area (Å²) >= 11 is 0. The van der Waals surface area contributed by atoms with Crippen LogP contribution in [-0.2, 0) is 9.84 Å². The Kier molecular flexibility index (Phi) is 6.95. The standard InChI is InChI=1S/C18H29N5O4S/c1-2-19-18(20-5-6-21-11-14-28(25,26)15-12-21)23-9-7-22(8-10-23)17(24)16-4-3-13-27-16/h3-4,13H,2,5-12,14-15H2,1H3,(H,19,20). The first-order valence-corrected chi connectivity index (χ1v) is 11.6. The van der Waals surface area contributed by atoms with Crippen LogP contribution in [-0.4, -0.2) is 105 Å². The quantitative estimate of drug-likeness (QED) is 0.526. The van der Waals surface area contributed by atoms with Crippen molar-refractivity contribution in [2.45, 2.75) is 6.92 Å². The van der Waals surface area contributed by atoms with Gasteiger partial charge in [0.15, 0.2) is 21.6 Å². The van der Waals surface area contributed by atoms with E-state index in [4.69, 9.17) is 9.41 Å². The van der Waals surface area contributed by atoms with E-state index < -0.39 is 9.84 Å². The zero-order valence-electron chi connectivity index (χ0n) is 16.3. The van der Waals surface area contributed by atoms with Crippen molar-refractivity contribution in [2.24, 2.45) is 4.99 Å². The topological polar surface area (TPSA) is 98.5 Å². The van der Waals surface area contributed by atoms with Crippen molar-refractivity contribution < 1.29 is 17.6 Å². The fourth-order valence-corrected chi connectivity index (χ4v) is 4.65. The Morgan fingerprint density at radius 2 is 1.82 bits per heavy atom. The number of carbonyl (C=O) groups is 1. The number of carbonyl (C=O) groups excluding carboxylic acids is 1. The van der Waals surface area contributed by atoms with Gasteiger partial charge in [0.25, 0.3) is 5.91 Å². The van der Waals surface area contributed by atoms with E-state index in [9.17, 15) is 13.2 Å². The SMILES string of the molecule is CCNC(=NCCN1CCS(=O)(=O)CC1)N1CCN(C(=O)c2ccco2)CC1. The second-order valence-corrected chi connectivity index (χ2v) is 9.29. The number of sulfone groups is 1. The smallest absolute Gasteiger partial charge is 0.289 e. The number of guanidine groups is 1. The summed E-state index contributed by atoms with van der Waals surface area (Å²) in [4.78, 5) is 23.2. The first-order chi connectivity index (χ1) is 13.5. The van der Waals surface area contributed by atoms with Gasteiger partial charge in [-0.1, -0.05) is 0 Å². The highest BCUT2D eigenvalue weighted by molar-refractivity contribution is 7.91. The van der Waals surface area contributed by atoms with Crippen LogP contribution in [0.4, 0.5) is 0 Å². The number of hydrogen-bond acceptors (Lipinski definition) is 6. The van der Waals surface area contributed by atoms with Gasteiger partial charge in [-0.3, -0.25) is 14.7 Å². The number of furan rings is 1. The van der Waals surface area contributed by atoms with Crippen molar-refractivity contribution in [3.05, 3.63) is 24.2 Å². The highest BCUT2D eigenvalue weighted by Gasteiger charge is 2.25. The van der Waals surface area contributed by atoms with Crippen LogP contribution in [0.25, 0.3) is 0 Å². The maximum absolute atomic E-state index is 12.4. The number of nitrogens with one attached hydrogen (secondary N) is 1. The molecule has 0 atom stereocenters. The second kappa shape index (κ2) is 9.42. The van der Waals surface area contributed by atoms with Gasteiger partial charge in [-0.2, -0.15) is 0 Å². The average molecular weight is 412 g/mol. The molecule has 1 aromatic heterocycles. The fraction of sp³-hybridized carbons (Fsp3) is 0.667. The van der Waals surface area contributed by atoms with Crippen LogP contribution < -0.4 is 5.32 Å². The third-order valence-corrected chi connectivity index (χ3v) is 6.66. The Hall–Kier alpha value is -2.07. The Balaban J connectivity index is 1.49. The minimum Gasteiger partial charge on any atom is -0.459 e. The highest BCUT2D eigenvalue weighted by atomic mass is 32.2. The molecule has 1 N–H and O–H groups in total. The molecule has 156 valence electrons. The van der Waals surface area contributed by atoms with Crippen LogP contribution in [0.15, 0.2) is 27.8 Å². The number of nitrogens with zero attached hydrogens (tertiary/aromatic N) is 4. The lowest BCUT2D eigenvalue weighted by atomic mass is 10.3. The van der Waals surface area contributed by atoms with E-state index >= 15 is 0 Å². The van der Waals surface area contributed by atoms with Crippen LogP contribution in [0.3, 0.4) is 0 Å². The molecule has 1 aromatic rings. The Labute approximate surface area is 166 Å². The second-order valence-electron chi connectivity index (χ2n) is 6.99. The third kappa shape index (κ3) is 5.48. The monoisotopic (exact) mass is 411 g/mol. The van der Waals surface area contributed by atoms with Crippen molar-refractivity contribution in [1.29, 1.82) is 0 Å². The predicted octanol–water partition coefficient (Wildman–Crippen LogP) is -0.267. The lowest BCUT2D eigenvalue weighted by Gasteiger charge is -2.36. The van der Waals surface area contributed by atoms with Gasteiger partial charge in [0.1, 0.15) is 0 Å². The molecule has 0 saturated carbocycles. The number of rotatable bonds is 5. The van der Waals surface area contributed by atoms with Crippen LogP contribution in [0.2, 0.25) is 0 Å². The van der Waals surface area contributed by atoms with Gasteiger partial charge in [-0.05, 0) is 19.1 Å². The molecule has 2 aliphatic heterocycles. The molecule has 0 radical (unpaired) electrons. The molecule has 2 fully saturated rings. The minimum atomic E-state index is -2.85. The molecule has 28 heavy (non-hydrogen) atoms. The van der Waals surface area contributed by atoms with Crippen LogP contribution in [0.1, 0.15) is 17.5 Å². The third-order valence-electron chi connectivity index (χ3n) is 5.05. The summed E-state index contributed by atoms with van der Waals surface area (Å²) in [6.07, 6.45) is 1.51. The van der Waals surface area contributed by atoms with Crippen LogP contribution in [0, 0.1) is 0 Å². The van der Waals surface area contributed by atoms with E-state index in [0.717, 1.165) is 19.0 Å². The molecular weight excluding hydrogens is 382 g/mol. The molecule has 0 unspecified atom stereocenters. The first kappa shape index (κ1) is 20.7. The molecule has 0 aliphatic carbocycles. The number of hydrogen-bond donors (Lipinski definition) is 1. The summed E-state index contributed by atoms with van der Waals surface area (Å²) in [5.41, 5.74) is 0. The van der Waals surface area contributed by atoms with Crippen molar-refractivity contribution in [1.82, 2.24) is 20.0 Å². The maximum atomic E-state index is 12.4. The molecule has 3 heterocycles. The summed E-state index contributed by atoms with van der Waals surface area (Å²) < 4.78 is 28.2. The van der Waals surface area contributed by atoms with Gasteiger partial charge in [0.05, 0.1) is 24.3 Å². The molecule has 1 amide bonds. The van der Waals surface area contributed by atoms with Gasteiger partial charge in [-0.15, -0.1) is 0 Å². The summed E-state index contributed by atoms with van der Waals surface area (Å²) in [7, 11) is -2.85. The summed E-state index contributed by atoms with van der Waals surface area (Å²) in [5.74, 6) is 1.62. The molecule has 9 nitrogen and oxygen atoms in total. The number of aliphatic imine (C=N–C) groups is 1. The number of amides is 1. The molecule has 0 bridgehead atoms. The zero-order chi connectivity index (χ0) is 20.0. The normalized spacial score (nSPS) is 21.0. The van der Waals surface area contributed by atoms with Crippen LogP contribution >= 0.6 is 0 Å². The van der Waals surface area contributed by atoms with Gasteiger partial charge in [0, 0.05) is 52.4 Å². The summed E-state index contributed by atoms with van der Waals surface area (Å²) in [6.45, 7) is 8.00. The largest absolute Gasteiger partial charge is 0.459 e. The number of piperazine rings is 1. The van der Waals surface area contributed by atoms with E-state index in [0.29, 0.717) is 51.6 Å². The van der Waals surface area contributed by atoms with E-state index in [1.165, 1.54) is 6.26 Å². The lowest BCUT2D eigenvalue weighted by Crippen LogP contribution is -2.54. The predicted molar refractivity (Wildman–Crippen MR) is 107 cm³/mol. The highest BCUT2D eigenvalue weighted by Crippen LogP contribution is 2.10. The van der Waals surface area contributed by atoms with Gasteiger partial charge in [0.2, 0.25) is 0 Å². The molecule has 3 rings (SSSR count). The van der Waals surface area contributed by atoms with Crippen LogP contribution in [0.5, 0.6) is 0 Å². The van der Waals surface area contributed by atoms with E-state index in [2.05, 4.69) is 15.1 Å². The fourth-order valence-electron chi connectivity index (χ4n) is 3.37. The van der Waals surface area contributed by atoms with E-state index in [1.54, 1.807) is 17.0 Å². The molecular formula is C18H29N5O4S. The van der Waals surface area contributed by atoms with Crippen molar-refractivity contribution in [2.75, 3.05) is 70.4 Å². The molecule has 0 aromatic carbocycles. The maximum Gasteiger partial charge on any atom is 0.289 e. The first-order valence-electron chi connectivity index (χ1n) is 9.77. The van der Waals surface area contributed by atoms with Crippen molar-refractivity contribution >= 4 is 21.7 Å². The van der Waals surface area contributed by atoms with Crippen molar-refractivity contribution in [3.63, 3.8) is 0 Å². The average Bonchev–Trinajstić information content (AvgIpc) is 3.23. The van der Waals surface area contributed by atoms with Gasteiger partial charge >= 0.3 is 0 Å². The van der Waals surface area contributed by atoms with Crippen molar-refractivity contribution in [3.8, 4) is 0 Å². The zero-order valence-corrected chi connectivity index (χ0v) is 17.2. The molecule has 2 aliphatic rings. The lowest BCUT2D eigenvalue weighted by molar-refractivity contribution is 0.0657. The van der Waals surface area contributed by atoms with Gasteiger partial charge in [-0.25, -0.2) is 8.42 Å². The summed E-state index contributed by atoms with van der Waals surface area (Å²) in [6, 6.07) is 3.41. The Morgan fingerprint density at radius 1 is 1.14 bits per heavy atom. The summed E-state index contributed by atoms with van der Waals surface area (Å²) in [5, 5.41) is 3.31. The Bertz CT molecular complexity index is 756. The molecule has 0 spiro atoms. The van der Waals surface area contributed by atoms with E-state index in [-0.39, 0.29) is 17.4 Å². The Morgan fingerprint density at radius 3 is 2.43 bits per heavy atom. The molecule has 10 heteroatoms.